The Bertz CT molecular complexity index is 1940. The predicted octanol–water partition coefficient (Wildman–Crippen LogP) is 9.92. The van der Waals surface area contributed by atoms with Gasteiger partial charge in [0, 0.05) is 12.1 Å². The van der Waals surface area contributed by atoms with E-state index in [2.05, 4.69) is 163 Å². The van der Waals surface area contributed by atoms with Crippen LogP contribution in [0.2, 0.25) is 10.1 Å². The molecule has 4 fully saturated rings. The van der Waals surface area contributed by atoms with E-state index in [0.29, 0.717) is 37.1 Å². The number of amides is 2. The third-order valence-corrected chi connectivity index (χ3v) is 23.5. The molecule has 2 aliphatic heterocycles. The van der Waals surface area contributed by atoms with Crippen molar-refractivity contribution < 1.29 is 27.9 Å². The fourth-order valence-electron chi connectivity index (χ4n) is 10.6. The molecular formula is C54H74N2O6Si2. The standard InChI is InChI=1S/2C27H37NO3Si/c2*1-26(2,3)31-25(29)28-21(17-20-18-24(20)28)19-30-32(27(4,5)6,22-13-9-7-10-14-22)23-15-11-8-12-16-23/h2*7-16,20-21,24H,17-19H2,1-6H3/t20?,21-,24-;20-,21-,24+/m00/s1. The molecule has 8 nitrogen and oxygen atoms in total. The zero-order valence-corrected chi connectivity index (χ0v) is 42.6. The molecule has 10 heteroatoms. The van der Waals surface area contributed by atoms with Gasteiger partial charge in [-0.25, -0.2) is 9.59 Å². The molecule has 8 rings (SSSR count). The topological polar surface area (TPSA) is 77.5 Å². The molecule has 0 N–H and O–H groups in total. The Kier molecular flexibility index (Phi) is 13.6. The lowest BCUT2D eigenvalue weighted by Gasteiger charge is -2.44. The number of fused-ring (bicyclic) bond motifs is 2. The summed E-state index contributed by atoms with van der Waals surface area (Å²) in [5.74, 6) is 1.19. The lowest BCUT2D eigenvalue weighted by molar-refractivity contribution is 0.0125. The summed E-state index contributed by atoms with van der Waals surface area (Å²) in [6.07, 6.45) is 3.80. The molecule has 0 radical (unpaired) electrons. The van der Waals surface area contributed by atoms with E-state index in [4.69, 9.17) is 18.3 Å². The highest BCUT2D eigenvalue weighted by molar-refractivity contribution is 7.00. The predicted molar refractivity (Wildman–Crippen MR) is 264 cm³/mol. The van der Waals surface area contributed by atoms with Gasteiger partial charge in [-0.05, 0) is 110 Å². The SMILES string of the molecule is CC(C)(C)OC(=O)N1[C@H](CO[Si](c2ccccc2)(c2ccccc2)C(C)(C)C)CC2C[C@@H]21.CC(C)(C)OC(=O)N1[C@H](CO[Si](c2ccccc2)(c2ccccc2)C(C)(C)C)C[C@H]2C[C@H]21. The first kappa shape index (κ1) is 47.7. The first-order chi connectivity index (χ1) is 30.1. The van der Waals surface area contributed by atoms with E-state index < -0.39 is 27.8 Å². The minimum absolute atomic E-state index is 0.0650. The molecule has 2 saturated carbocycles. The summed E-state index contributed by atoms with van der Waals surface area (Å²) in [6.45, 7) is 26.4. The number of piperidine rings is 2. The molecule has 0 spiro atoms. The van der Waals surface area contributed by atoms with E-state index in [1.807, 2.05) is 51.3 Å². The second-order valence-corrected chi connectivity index (χ2v) is 31.2. The van der Waals surface area contributed by atoms with E-state index in [-0.39, 0.29) is 34.3 Å². The van der Waals surface area contributed by atoms with Gasteiger partial charge < -0.3 is 18.3 Å². The Hall–Kier alpha value is -4.23. The largest absolute Gasteiger partial charge is 0.444 e. The highest BCUT2D eigenvalue weighted by Crippen LogP contribution is 2.50. The lowest BCUT2D eigenvalue weighted by Crippen LogP contribution is -2.67. The van der Waals surface area contributed by atoms with Crippen LogP contribution in [-0.4, -0.2) is 87.2 Å². The van der Waals surface area contributed by atoms with Crippen LogP contribution in [0.5, 0.6) is 0 Å². The van der Waals surface area contributed by atoms with E-state index in [1.165, 1.54) is 20.7 Å². The normalized spacial score (nSPS) is 23.1. The van der Waals surface area contributed by atoms with E-state index in [1.54, 1.807) is 0 Å². The first-order valence-corrected chi connectivity index (χ1v) is 27.4. The van der Waals surface area contributed by atoms with Gasteiger partial charge >= 0.3 is 12.2 Å². The van der Waals surface area contributed by atoms with Crippen LogP contribution in [0.15, 0.2) is 121 Å². The summed E-state index contributed by atoms with van der Waals surface area (Å²) in [4.78, 5) is 30.0. The number of nitrogens with zero attached hydrogens (tertiary/aromatic N) is 2. The average molecular weight is 903 g/mol. The minimum atomic E-state index is -2.61. The quantitative estimate of drug-likeness (QED) is 0.148. The number of carbonyl (C=O) groups excluding carboxylic acids is 2. The van der Waals surface area contributed by atoms with Crippen molar-refractivity contribution in [2.24, 2.45) is 11.8 Å². The number of hydrogen-bond donors (Lipinski definition) is 0. The molecule has 4 aromatic rings. The Balaban J connectivity index is 0.000000191. The van der Waals surface area contributed by atoms with Gasteiger partial charge in [0.1, 0.15) is 11.2 Å². The maximum atomic E-state index is 13.0. The summed E-state index contributed by atoms with van der Waals surface area (Å²) in [6, 6.07) is 43.5. The van der Waals surface area contributed by atoms with Crippen molar-refractivity contribution in [1.82, 2.24) is 9.80 Å². The van der Waals surface area contributed by atoms with Gasteiger partial charge in [0.05, 0.1) is 25.3 Å². The molecule has 4 aromatic carbocycles. The molecule has 0 bridgehead atoms. The molecule has 2 aliphatic carbocycles. The first-order valence-electron chi connectivity index (χ1n) is 23.6. The summed E-state index contributed by atoms with van der Waals surface area (Å²) in [7, 11) is -5.23. The summed E-state index contributed by atoms with van der Waals surface area (Å²) < 4.78 is 25.8. The van der Waals surface area contributed by atoms with Gasteiger partial charge in [0.2, 0.25) is 0 Å². The van der Waals surface area contributed by atoms with E-state index >= 15 is 0 Å². The molecule has 4 aliphatic rings. The molecule has 0 aromatic heterocycles. The fourth-order valence-corrected chi connectivity index (χ4v) is 19.8. The summed E-state index contributed by atoms with van der Waals surface area (Å²) in [5, 5.41) is 4.93. The maximum absolute atomic E-state index is 13.0. The van der Waals surface area contributed by atoms with Crippen molar-refractivity contribution in [2.45, 2.75) is 154 Å². The molecular weight excluding hydrogens is 829 g/mol. The van der Waals surface area contributed by atoms with Crippen molar-refractivity contribution in [3.05, 3.63) is 121 Å². The van der Waals surface area contributed by atoms with Crippen LogP contribution in [-0.2, 0) is 18.3 Å². The number of ether oxygens (including phenoxy) is 2. The second kappa shape index (κ2) is 18.2. The molecule has 2 saturated heterocycles. The molecule has 344 valence electrons. The Labute approximate surface area is 386 Å². The number of benzene rings is 4. The van der Waals surface area contributed by atoms with Gasteiger partial charge in [-0.3, -0.25) is 9.80 Å². The maximum Gasteiger partial charge on any atom is 0.410 e. The number of carbonyl (C=O) groups is 2. The highest BCUT2D eigenvalue weighted by Gasteiger charge is 2.58. The Morgan fingerprint density at radius 2 is 0.719 bits per heavy atom. The van der Waals surface area contributed by atoms with Crippen LogP contribution in [0, 0.1) is 11.8 Å². The average Bonchev–Trinajstić information content (AvgIpc) is 4.10. The second-order valence-electron chi connectivity index (χ2n) is 22.6. The van der Waals surface area contributed by atoms with Crippen molar-refractivity contribution in [3.63, 3.8) is 0 Å². The lowest BCUT2D eigenvalue weighted by atomic mass is 10.2. The van der Waals surface area contributed by atoms with Crippen molar-refractivity contribution in [3.8, 4) is 0 Å². The number of likely N-dealkylation sites (tertiary alicyclic amines) is 2. The van der Waals surface area contributed by atoms with E-state index in [9.17, 15) is 9.59 Å². The molecule has 2 amide bonds. The fraction of sp³-hybridized carbons (Fsp3) is 0.519. The molecule has 64 heavy (non-hydrogen) atoms. The zero-order valence-electron chi connectivity index (χ0n) is 40.6. The third kappa shape index (κ3) is 10.1. The molecule has 1 unspecified atom stereocenters. The number of hydrogen-bond acceptors (Lipinski definition) is 6. The highest BCUT2D eigenvalue weighted by atomic mass is 28.4. The summed E-state index contributed by atoms with van der Waals surface area (Å²) in [5.41, 5.74) is -0.985. The van der Waals surface area contributed by atoms with Gasteiger partial charge in [-0.2, -0.15) is 0 Å². The van der Waals surface area contributed by atoms with Crippen LogP contribution >= 0.6 is 0 Å². The van der Waals surface area contributed by atoms with Crippen LogP contribution < -0.4 is 20.7 Å². The van der Waals surface area contributed by atoms with Gasteiger partial charge in [0.25, 0.3) is 16.6 Å². The van der Waals surface area contributed by atoms with Crippen LogP contribution in [0.4, 0.5) is 9.59 Å². The minimum Gasteiger partial charge on any atom is -0.444 e. The zero-order chi connectivity index (χ0) is 46.3. The van der Waals surface area contributed by atoms with Crippen molar-refractivity contribution in [1.29, 1.82) is 0 Å². The summed E-state index contributed by atoms with van der Waals surface area (Å²) >= 11 is 0. The van der Waals surface area contributed by atoms with Crippen LogP contribution in [0.3, 0.4) is 0 Å². The monoisotopic (exact) mass is 903 g/mol. The Morgan fingerprint density at radius 1 is 0.453 bits per heavy atom. The van der Waals surface area contributed by atoms with Crippen LogP contribution in [0.25, 0.3) is 0 Å². The molecule has 6 atom stereocenters. The third-order valence-electron chi connectivity index (χ3n) is 13.4. The van der Waals surface area contributed by atoms with Crippen molar-refractivity contribution >= 4 is 49.6 Å². The Morgan fingerprint density at radius 3 is 0.953 bits per heavy atom. The van der Waals surface area contributed by atoms with E-state index in [0.717, 1.165) is 25.7 Å². The number of rotatable bonds is 10. The van der Waals surface area contributed by atoms with Crippen LogP contribution in [0.1, 0.15) is 109 Å². The van der Waals surface area contributed by atoms with Crippen molar-refractivity contribution in [2.75, 3.05) is 13.2 Å². The molecule has 2 heterocycles. The van der Waals surface area contributed by atoms with Gasteiger partial charge in [-0.15, -0.1) is 0 Å². The smallest absolute Gasteiger partial charge is 0.410 e. The van der Waals surface area contributed by atoms with Gasteiger partial charge in [-0.1, -0.05) is 163 Å². The van der Waals surface area contributed by atoms with Gasteiger partial charge in [0.15, 0.2) is 0 Å².